The first-order chi connectivity index (χ1) is 12.6. The summed E-state index contributed by atoms with van der Waals surface area (Å²) in [6.07, 6.45) is 1.66. The average molecular weight is 349 g/mol. The number of hydrogen-bond donors (Lipinski definition) is 2. The second-order valence-electron chi connectivity index (χ2n) is 6.43. The van der Waals surface area contributed by atoms with Gasteiger partial charge in [0.05, 0.1) is 12.4 Å². The molecule has 1 heterocycles. The minimum Gasteiger partial charge on any atom is -0.459 e. The monoisotopic (exact) mass is 349 g/mol. The number of furan rings is 1. The largest absolute Gasteiger partial charge is 0.459 e. The van der Waals surface area contributed by atoms with Gasteiger partial charge in [0.2, 0.25) is 0 Å². The van der Waals surface area contributed by atoms with Crippen LogP contribution in [-0.2, 0) is 0 Å². The van der Waals surface area contributed by atoms with Crippen molar-refractivity contribution in [2.75, 3.05) is 6.54 Å². The highest BCUT2D eigenvalue weighted by Crippen LogP contribution is 2.25. The number of carbonyl (C=O) groups is 1. The highest BCUT2D eigenvalue weighted by molar-refractivity contribution is 5.98. The van der Waals surface area contributed by atoms with E-state index in [-0.39, 0.29) is 11.8 Å². The molecule has 0 saturated carbocycles. The van der Waals surface area contributed by atoms with E-state index < -0.39 is 6.10 Å². The number of nitrogens with one attached hydrogen (secondary N) is 1. The first-order valence-electron chi connectivity index (χ1n) is 8.79. The van der Waals surface area contributed by atoms with Gasteiger partial charge in [-0.1, -0.05) is 60.7 Å². The molecule has 0 fully saturated rings. The zero-order chi connectivity index (χ0) is 18.4. The molecule has 2 aromatic carbocycles. The topological polar surface area (TPSA) is 62.5 Å². The van der Waals surface area contributed by atoms with Crippen LogP contribution in [0.4, 0.5) is 0 Å². The van der Waals surface area contributed by atoms with Gasteiger partial charge in [-0.15, -0.1) is 0 Å². The number of hydrogen-bond acceptors (Lipinski definition) is 3. The third kappa shape index (κ3) is 4.41. The Morgan fingerprint density at radius 3 is 2.35 bits per heavy atom. The maximum absolute atomic E-state index is 12.7. The molecule has 0 aliphatic heterocycles. The zero-order valence-electron chi connectivity index (χ0n) is 14.8. The van der Waals surface area contributed by atoms with Crippen molar-refractivity contribution in [2.24, 2.45) is 0 Å². The van der Waals surface area contributed by atoms with Crippen LogP contribution in [0.25, 0.3) is 11.1 Å². The molecule has 0 saturated heterocycles. The van der Waals surface area contributed by atoms with Gasteiger partial charge >= 0.3 is 0 Å². The average Bonchev–Trinajstić information content (AvgIpc) is 3.16. The third-order valence-corrected chi connectivity index (χ3v) is 4.36. The van der Waals surface area contributed by atoms with E-state index in [0.717, 1.165) is 16.7 Å². The Morgan fingerprint density at radius 2 is 1.69 bits per heavy atom. The maximum Gasteiger partial charge on any atom is 0.287 e. The molecule has 26 heavy (non-hydrogen) atoms. The number of rotatable bonds is 7. The number of aliphatic hydroxyl groups excluding tert-OH is 1. The van der Waals surface area contributed by atoms with Crippen LogP contribution in [-0.4, -0.2) is 23.7 Å². The second kappa shape index (κ2) is 8.50. The summed E-state index contributed by atoms with van der Waals surface area (Å²) in [6.45, 7) is 2.19. The van der Waals surface area contributed by atoms with Crippen molar-refractivity contribution in [3.8, 4) is 11.1 Å². The molecule has 3 aromatic rings. The summed E-state index contributed by atoms with van der Waals surface area (Å²) in [5.41, 5.74) is 2.81. The highest BCUT2D eigenvalue weighted by atomic mass is 16.3. The fraction of sp³-hybridized carbons (Fsp3) is 0.227. The predicted molar refractivity (Wildman–Crippen MR) is 102 cm³/mol. The van der Waals surface area contributed by atoms with E-state index in [2.05, 4.69) is 5.32 Å². The summed E-state index contributed by atoms with van der Waals surface area (Å²) in [6, 6.07) is 21.4. The minimum absolute atomic E-state index is 0.0373. The fourth-order valence-corrected chi connectivity index (χ4v) is 3.10. The third-order valence-electron chi connectivity index (χ3n) is 4.36. The standard InChI is InChI=1S/C22H23NO3/c1-16(24)14-19(17-8-4-2-5-9-17)15-23-22(25)21-20(12-13-26-21)18-10-6-3-7-11-18/h2-13,16,19,24H,14-15H2,1H3,(H,23,25)/t16-,19+/m0/s1. The molecule has 0 spiro atoms. The van der Waals surface area contributed by atoms with Crippen molar-refractivity contribution in [2.45, 2.75) is 25.4 Å². The Balaban J connectivity index is 1.73. The predicted octanol–water partition coefficient (Wildman–Crippen LogP) is 4.23. The Bertz CT molecular complexity index is 825. The van der Waals surface area contributed by atoms with Crippen LogP contribution in [0.3, 0.4) is 0 Å². The van der Waals surface area contributed by atoms with Crippen molar-refractivity contribution in [1.29, 1.82) is 0 Å². The fourth-order valence-electron chi connectivity index (χ4n) is 3.10. The van der Waals surface area contributed by atoms with E-state index in [0.29, 0.717) is 18.7 Å². The number of carbonyl (C=O) groups excluding carboxylic acids is 1. The van der Waals surface area contributed by atoms with Gasteiger partial charge in [0, 0.05) is 18.0 Å². The second-order valence-corrected chi connectivity index (χ2v) is 6.43. The van der Waals surface area contributed by atoms with Crippen LogP contribution in [0.5, 0.6) is 0 Å². The summed E-state index contributed by atoms with van der Waals surface area (Å²) in [5, 5.41) is 12.8. The van der Waals surface area contributed by atoms with E-state index in [9.17, 15) is 9.90 Å². The summed E-state index contributed by atoms with van der Waals surface area (Å²) < 4.78 is 5.44. The van der Waals surface area contributed by atoms with Crippen LogP contribution in [0.15, 0.2) is 77.4 Å². The SMILES string of the molecule is C[C@H](O)C[C@H](CNC(=O)c1occc1-c1ccccc1)c1ccccc1. The Morgan fingerprint density at radius 1 is 1.04 bits per heavy atom. The van der Waals surface area contributed by atoms with Crippen molar-refractivity contribution in [1.82, 2.24) is 5.32 Å². The van der Waals surface area contributed by atoms with Crippen LogP contribution >= 0.6 is 0 Å². The van der Waals surface area contributed by atoms with Crippen LogP contribution < -0.4 is 5.32 Å². The Hall–Kier alpha value is -2.85. The summed E-state index contributed by atoms with van der Waals surface area (Å²) >= 11 is 0. The normalized spacial score (nSPS) is 13.2. The molecule has 1 aromatic heterocycles. The zero-order valence-corrected chi connectivity index (χ0v) is 14.8. The molecule has 1 amide bonds. The van der Waals surface area contributed by atoms with Crippen molar-refractivity contribution >= 4 is 5.91 Å². The quantitative estimate of drug-likeness (QED) is 0.671. The van der Waals surface area contributed by atoms with Crippen LogP contribution in [0.2, 0.25) is 0 Å². The van der Waals surface area contributed by atoms with Gasteiger partial charge in [0.15, 0.2) is 5.76 Å². The summed E-state index contributed by atoms with van der Waals surface area (Å²) in [4.78, 5) is 12.7. The molecule has 4 nitrogen and oxygen atoms in total. The maximum atomic E-state index is 12.7. The summed E-state index contributed by atoms with van der Waals surface area (Å²) in [7, 11) is 0. The lowest BCUT2D eigenvalue weighted by Gasteiger charge is -2.19. The molecule has 134 valence electrons. The molecule has 3 rings (SSSR count). The van der Waals surface area contributed by atoms with Crippen molar-refractivity contribution in [3.63, 3.8) is 0 Å². The van der Waals surface area contributed by atoms with Gasteiger partial charge < -0.3 is 14.8 Å². The van der Waals surface area contributed by atoms with Gasteiger partial charge in [0.25, 0.3) is 5.91 Å². The van der Waals surface area contributed by atoms with Gasteiger partial charge in [-0.3, -0.25) is 4.79 Å². The number of amides is 1. The van der Waals surface area contributed by atoms with Crippen molar-refractivity contribution in [3.05, 3.63) is 84.3 Å². The molecule has 0 aliphatic carbocycles. The Labute approximate surface area is 153 Å². The van der Waals surface area contributed by atoms with Crippen LogP contribution in [0.1, 0.15) is 35.4 Å². The lowest BCUT2D eigenvalue weighted by molar-refractivity contribution is 0.0919. The lowest BCUT2D eigenvalue weighted by Crippen LogP contribution is -2.29. The van der Waals surface area contributed by atoms with Crippen molar-refractivity contribution < 1.29 is 14.3 Å². The number of benzene rings is 2. The molecular weight excluding hydrogens is 326 g/mol. The molecule has 0 bridgehead atoms. The molecule has 4 heteroatoms. The molecule has 0 radical (unpaired) electrons. The minimum atomic E-state index is -0.444. The lowest BCUT2D eigenvalue weighted by atomic mass is 9.93. The molecule has 0 aliphatic rings. The van der Waals surface area contributed by atoms with E-state index in [1.54, 1.807) is 13.0 Å². The van der Waals surface area contributed by atoms with E-state index in [1.807, 2.05) is 60.7 Å². The number of aliphatic hydroxyl groups is 1. The van der Waals surface area contributed by atoms with Gasteiger partial charge in [-0.25, -0.2) is 0 Å². The van der Waals surface area contributed by atoms with Gasteiger partial charge in [-0.2, -0.15) is 0 Å². The molecular formula is C22H23NO3. The smallest absolute Gasteiger partial charge is 0.287 e. The molecule has 2 atom stereocenters. The van der Waals surface area contributed by atoms with E-state index in [4.69, 9.17) is 4.42 Å². The Kier molecular flexibility index (Phi) is 5.87. The molecule has 0 unspecified atom stereocenters. The van der Waals surface area contributed by atoms with Gasteiger partial charge in [0.1, 0.15) is 0 Å². The first kappa shape index (κ1) is 18.0. The van der Waals surface area contributed by atoms with Crippen LogP contribution in [0, 0.1) is 0 Å². The first-order valence-corrected chi connectivity index (χ1v) is 8.79. The van der Waals surface area contributed by atoms with Gasteiger partial charge in [-0.05, 0) is 30.5 Å². The molecule has 2 N–H and O–H groups in total. The highest BCUT2D eigenvalue weighted by Gasteiger charge is 2.20. The van der Waals surface area contributed by atoms with E-state index >= 15 is 0 Å². The van der Waals surface area contributed by atoms with E-state index in [1.165, 1.54) is 6.26 Å². The summed E-state index contributed by atoms with van der Waals surface area (Å²) in [5.74, 6) is 0.0933.